The lowest BCUT2D eigenvalue weighted by atomic mass is 10.1. The van der Waals surface area contributed by atoms with Gasteiger partial charge in [-0.15, -0.1) is 0 Å². The third-order valence-electron chi connectivity index (χ3n) is 3.53. The first kappa shape index (κ1) is 21.2. The minimum Gasteiger partial charge on any atom is -0.508 e. The van der Waals surface area contributed by atoms with Crippen molar-refractivity contribution >= 4 is 22.8 Å². The van der Waals surface area contributed by atoms with Crippen molar-refractivity contribution in [3.8, 4) is 11.5 Å². The van der Waals surface area contributed by atoms with Crippen molar-refractivity contribution < 1.29 is 33.6 Å². The van der Waals surface area contributed by atoms with E-state index in [1.54, 1.807) is 36.4 Å². The van der Waals surface area contributed by atoms with Crippen molar-refractivity contribution in [3.63, 3.8) is 0 Å². The molecule has 2 aromatic rings. The van der Waals surface area contributed by atoms with Gasteiger partial charge in [0, 0.05) is 12.6 Å². The number of benzene rings is 2. The zero-order valence-corrected chi connectivity index (χ0v) is 15.4. The van der Waals surface area contributed by atoms with Crippen LogP contribution in [0.2, 0.25) is 0 Å². The van der Waals surface area contributed by atoms with E-state index in [4.69, 9.17) is 18.9 Å². The van der Waals surface area contributed by atoms with Gasteiger partial charge >= 0.3 is 12.1 Å². The minimum absolute atomic E-state index is 0.161. The Labute approximate surface area is 162 Å². The van der Waals surface area contributed by atoms with Crippen LogP contribution in [0.5, 0.6) is 11.5 Å². The Morgan fingerprint density at radius 1 is 0.964 bits per heavy atom. The first-order chi connectivity index (χ1) is 13.6. The van der Waals surface area contributed by atoms with Crippen molar-refractivity contribution in [2.24, 2.45) is 0 Å². The highest BCUT2D eigenvalue weighted by atomic mass is 16.6. The molecule has 28 heavy (non-hydrogen) atoms. The van der Waals surface area contributed by atoms with Gasteiger partial charge < -0.3 is 29.4 Å². The fourth-order valence-corrected chi connectivity index (χ4v) is 2.23. The van der Waals surface area contributed by atoms with E-state index in [1.165, 1.54) is 0 Å². The molecule has 0 heterocycles. The van der Waals surface area contributed by atoms with Gasteiger partial charge in [-0.1, -0.05) is 18.7 Å². The molecule has 8 nitrogen and oxygen atoms in total. The fraction of sp³-hybridized carbons (Fsp3) is 0.300. The molecule has 2 aromatic carbocycles. The van der Waals surface area contributed by atoms with Crippen LogP contribution in [0.15, 0.2) is 49.1 Å². The molecule has 2 N–H and O–H groups in total. The monoisotopic (exact) mass is 389 g/mol. The number of phenolic OH excluding ortho intramolecular Hbond substituents is 1. The highest BCUT2D eigenvalue weighted by Crippen LogP contribution is 2.24. The summed E-state index contributed by atoms with van der Waals surface area (Å²) in [7, 11) is 0. The maximum absolute atomic E-state index is 11.8. The summed E-state index contributed by atoms with van der Waals surface area (Å²) in [5.41, 5.74) is 0. The maximum atomic E-state index is 11.8. The third kappa shape index (κ3) is 7.65. The number of ether oxygens (including phenoxy) is 4. The Morgan fingerprint density at radius 3 is 2.43 bits per heavy atom. The minimum atomic E-state index is -0.581. The van der Waals surface area contributed by atoms with Crippen LogP contribution in [-0.4, -0.2) is 56.7 Å². The predicted octanol–water partition coefficient (Wildman–Crippen LogP) is 2.40. The summed E-state index contributed by atoms with van der Waals surface area (Å²) in [5, 5.41) is 13.7. The quantitative estimate of drug-likeness (QED) is 0.345. The van der Waals surface area contributed by atoms with Gasteiger partial charge in [0.1, 0.15) is 18.1 Å². The molecule has 0 aliphatic carbocycles. The standard InChI is InChI=1S/C20H23NO7/c1-2-19(23)27-12-11-26-10-9-25-8-7-21-20(24)28-18-6-4-15-13-17(22)5-3-16(15)14-18/h2-6,13-14,22H,1,7-12H2,(H,21,24). The van der Waals surface area contributed by atoms with Crippen molar-refractivity contribution in [2.45, 2.75) is 0 Å². The van der Waals surface area contributed by atoms with Crippen LogP contribution in [0.1, 0.15) is 0 Å². The zero-order chi connectivity index (χ0) is 20.2. The van der Waals surface area contributed by atoms with Crippen LogP contribution in [0.4, 0.5) is 4.79 Å². The van der Waals surface area contributed by atoms with Crippen LogP contribution in [-0.2, 0) is 19.0 Å². The van der Waals surface area contributed by atoms with Crippen molar-refractivity contribution in [3.05, 3.63) is 49.1 Å². The van der Waals surface area contributed by atoms with Gasteiger partial charge in [-0.3, -0.25) is 0 Å². The summed E-state index contributed by atoms with van der Waals surface area (Å²) in [6.07, 6.45) is 0.509. The van der Waals surface area contributed by atoms with Gasteiger partial charge in [0.15, 0.2) is 0 Å². The SMILES string of the molecule is C=CC(=O)OCCOCCOCCNC(=O)Oc1ccc2cc(O)ccc2c1. The zero-order valence-electron chi connectivity index (χ0n) is 15.4. The second-order valence-corrected chi connectivity index (χ2v) is 5.61. The molecule has 0 atom stereocenters. The molecule has 0 saturated heterocycles. The van der Waals surface area contributed by atoms with Gasteiger partial charge in [-0.25, -0.2) is 9.59 Å². The number of nitrogens with one attached hydrogen (secondary N) is 1. The van der Waals surface area contributed by atoms with Crippen molar-refractivity contribution in [1.82, 2.24) is 5.32 Å². The molecule has 2 rings (SSSR count). The number of amides is 1. The number of esters is 1. The maximum Gasteiger partial charge on any atom is 0.412 e. The first-order valence-corrected chi connectivity index (χ1v) is 8.71. The average molecular weight is 389 g/mol. The number of hydrogen-bond acceptors (Lipinski definition) is 7. The summed E-state index contributed by atoms with van der Waals surface area (Å²) in [6, 6.07) is 10.1. The van der Waals surface area contributed by atoms with Crippen LogP contribution >= 0.6 is 0 Å². The molecule has 0 bridgehead atoms. The number of fused-ring (bicyclic) bond motifs is 1. The Kier molecular flexibility index (Phi) is 8.77. The van der Waals surface area contributed by atoms with Crippen LogP contribution < -0.4 is 10.1 Å². The summed E-state index contributed by atoms with van der Waals surface area (Å²) in [5.74, 6) is 0.100. The topological polar surface area (TPSA) is 103 Å². The number of carbonyl (C=O) groups excluding carboxylic acids is 2. The van der Waals surface area contributed by atoms with Crippen molar-refractivity contribution in [1.29, 1.82) is 0 Å². The molecular weight excluding hydrogens is 366 g/mol. The molecule has 0 aliphatic rings. The van der Waals surface area contributed by atoms with E-state index in [0.29, 0.717) is 25.6 Å². The first-order valence-electron chi connectivity index (χ1n) is 8.71. The summed E-state index contributed by atoms with van der Waals surface area (Å²) in [4.78, 5) is 22.6. The molecule has 0 spiro atoms. The van der Waals surface area contributed by atoms with Crippen LogP contribution in [0, 0.1) is 0 Å². The summed E-state index contributed by atoms with van der Waals surface area (Å²) < 4.78 is 20.5. The second kappa shape index (κ2) is 11.6. The Morgan fingerprint density at radius 2 is 1.64 bits per heavy atom. The van der Waals surface area contributed by atoms with E-state index in [9.17, 15) is 14.7 Å². The lowest BCUT2D eigenvalue weighted by Gasteiger charge is -2.09. The molecule has 0 aliphatic heterocycles. The molecule has 0 radical (unpaired) electrons. The molecule has 8 heteroatoms. The Bertz CT molecular complexity index is 806. The number of carbonyl (C=O) groups is 2. The molecular formula is C20H23NO7. The lowest BCUT2D eigenvalue weighted by Crippen LogP contribution is -2.30. The van der Waals surface area contributed by atoms with E-state index in [0.717, 1.165) is 16.8 Å². The smallest absolute Gasteiger partial charge is 0.412 e. The molecule has 150 valence electrons. The van der Waals surface area contributed by atoms with Crippen LogP contribution in [0.3, 0.4) is 0 Å². The Balaban J connectivity index is 1.54. The largest absolute Gasteiger partial charge is 0.508 e. The normalized spacial score (nSPS) is 10.4. The van der Waals surface area contributed by atoms with Gasteiger partial charge in [-0.05, 0) is 35.0 Å². The number of aromatic hydroxyl groups is 1. The average Bonchev–Trinajstić information content (AvgIpc) is 2.69. The number of hydrogen-bond donors (Lipinski definition) is 2. The van der Waals surface area contributed by atoms with Gasteiger partial charge in [0.25, 0.3) is 0 Å². The molecule has 0 saturated carbocycles. The number of rotatable bonds is 11. The summed E-state index contributed by atoms with van der Waals surface area (Å²) >= 11 is 0. The van der Waals surface area contributed by atoms with Gasteiger partial charge in [0.05, 0.1) is 26.4 Å². The molecule has 0 aromatic heterocycles. The lowest BCUT2D eigenvalue weighted by molar-refractivity contribution is -0.139. The van der Waals surface area contributed by atoms with Crippen molar-refractivity contribution in [2.75, 3.05) is 39.6 Å². The molecule has 0 fully saturated rings. The summed E-state index contributed by atoms with van der Waals surface area (Å²) in [6.45, 7) is 5.02. The predicted molar refractivity (Wildman–Crippen MR) is 102 cm³/mol. The second-order valence-electron chi connectivity index (χ2n) is 5.61. The van der Waals surface area contributed by atoms with Gasteiger partial charge in [0.2, 0.25) is 0 Å². The van der Waals surface area contributed by atoms with E-state index in [2.05, 4.69) is 11.9 Å². The highest BCUT2D eigenvalue weighted by Gasteiger charge is 2.05. The van der Waals surface area contributed by atoms with E-state index >= 15 is 0 Å². The fourth-order valence-electron chi connectivity index (χ4n) is 2.23. The highest BCUT2D eigenvalue weighted by molar-refractivity contribution is 5.85. The van der Waals surface area contributed by atoms with E-state index < -0.39 is 12.1 Å². The molecule has 1 amide bonds. The van der Waals surface area contributed by atoms with Gasteiger partial charge in [-0.2, -0.15) is 0 Å². The third-order valence-corrected chi connectivity index (χ3v) is 3.53. The molecule has 0 unspecified atom stereocenters. The Hall–Kier alpha value is -3.10. The van der Waals surface area contributed by atoms with Crippen LogP contribution in [0.25, 0.3) is 10.8 Å². The number of phenols is 1. The van der Waals surface area contributed by atoms with E-state index in [1.807, 2.05) is 0 Å². The van der Waals surface area contributed by atoms with E-state index in [-0.39, 0.29) is 25.5 Å².